The molecule has 1 rings (SSSR count). The van der Waals surface area contributed by atoms with Gasteiger partial charge in [0.25, 0.3) is 0 Å². The number of ether oxygens (including phenoxy) is 1. The molecule has 0 aromatic heterocycles. The number of cyclic esters (lactones) is 1. The fraction of sp³-hybridized carbons (Fsp3) is 0.714. The highest BCUT2D eigenvalue weighted by Crippen LogP contribution is 2.20. The van der Waals surface area contributed by atoms with Crippen LogP contribution in [0, 0.1) is 5.92 Å². The molecule has 3 nitrogen and oxygen atoms in total. The average molecular weight is 142 g/mol. The van der Waals surface area contributed by atoms with Crippen molar-refractivity contribution in [2.45, 2.75) is 26.4 Å². The van der Waals surface area contributed by atoms with Gasteiger partial charge < -0.3 is 4.74 Å². The Morgan fingerprint density at radius 1 is 1.70 bits per heavy atom. The highest BCUT2D eigenvalue weighted by Gasteiger charge is 2.34. The maximum atomic E-state index is 10.8. The van der Waals surface area contributed by atoms with E-state index in [-0.39, 0.29) is 17.9 Å². The summed E-state index contributed by atoms with van der Waals surface area (Å²) in [6.07, 6.45) is 0.468. The first-order valence-electron chi connectivity index (χ1n) is 3.32. The van der Waals surface area contributed by atoms with Gasteiger partial charge in [-0.15, -0.1) is 0 Å². The van der Waals surface area contributed by atoms with Crippen LogP contribution in [0.15, 0.2) is 0 Å². The molecule has 0 amide bonds. The molecule has 0 unspecified atom stereocenters. The van der Waals surface area contributed by atoms with E-state index < -0.39 is 5.92 Å². The van der Waals surface area contributed by atoms with Crippen LogP contribution in [0.3, 0.4) is 0 Å². The molecular weight excluding hydrogens is 132 g/mol. The standard InChI is InChI=1S/C7H10O3/c1-4-3-6(5(2)8)7(9)10-4/h4,6H,3H2,1-2H3/t4-,6-/m0/s1. The van der Waals surface area contributed by atoms with E-state index in [1.54, 1.807) is 6.92 Å². The number of hydrogen-bond donors (Lipinski definition) is 0. The first-order valence-corrected chi connectivity index (χ1v) is 3.32. The molecule has 10 heavy (non-hydrogen) atoms. The maximum absolute atomic E-state index is 10.8. The number of rotatable bonds is 1. The van der Waals surface area contributed by atoms with Crippen LogP contribution in [0.4, 0.5) is 0 Å². The van der Waals surface area contributed by atoms with E-state index in [0.29, 0.717) is 6.42 Å². The summed E-state index contributed by atoms with van der Waals surface area (Å²) in [7, 11) is 0. The number of carbonyl (C=O) groups is 2. The van der Waals surface area contributed by atoms with E-state index in [4.69, 9.17) is 4.74 Å². The minimum Gasteiger partial charge on any atom is -0.462 e. The van der Waals surface area contributed by atoms with Crippen LogP contribution in [0.5, 0.6) is 0 Å². The second kappa shape index (κ2) is 2.40. The number of Topliss-reactive ketones (excluding diaryl/α,β-unsaturated/α-hetero) is 1. The van der Waals surface area contributed by atoms with Gasteiger partial charge in [-0.2, -0.15) is 0 Å². The molecule has 1 aliphatic heterocycles. The predicted molar refractivity (Wildman–Crippen MR) is 34.3 cm³/mol. The Labute approximate surface area is 59.4 Å². The topological polar surface area (TPSA) is 43.4 Å². The van der Waals surface area contributed by atoms with Crippen molar-refractivity contribution >= 4 is 11.8 Å². The summed E-state index contributed by atoms with van der Waals surface area (Å²) in [5.41, 5.74) is 0. The summed E-state index contributed by atoms with van der Waals surface area (Å²) >= 11 is 0. The molecule has 0 aliphatic carbocycles. The molecule has 0 bridgehead atoms. The van der Waals surface area contributed by atoms with Gasteiger partial charge in [0.05, 0.1) is 0 Å². The molecule has 1 fully saturated rings. The van der Waals surface area contributed by atoms with Gasteiger partial charge in [0.1, 0.15) is 17.8 Å². The lowest BCUT2D eigenvalue weighted by atomic mass is 10.0. The lowest BCUT2D eigenvalue weighted by Crippen LogP contribution is -2.15. The van der Waals surface area contributed by atoms with Gasteiger partial charge in [0.2, 0.25) is 0 Å². The zero-order valence-electron chi connectivity index (χ0n) is 6.09. The zero-order valence-corrected chi connectivity index (χ0v) is 6.09. The summed E-state index contributed by atoms with van der Waals surface area (Å²) < 4.78 is 4.78. The van der Waals surface area contributed by atoms with Gasteiger partial charge in [-0.3, -0.25) is 9.59 Å². The molecule has 1 aliphatic rings. The maximum Gasteiger partial charge on any atom is 0.316 e. The van der Waals surface area contributed by atoms with E-state index in [2.05, 4.69) is 0 Å². The van der Waals surface area contributed by atoms with Crippen molar-refractivity contribution in [3.8, 4) is 0 Å². The van der Waals surface area contributed by atoms with Gasteiger partial charge in [-0.1, -0.05) is 0 Å². The van der Waals surface area contributed by atoms with Crippen LogP contribution < -0.4 is 0 Å². The van der Waals surface area contributed by atoms with E-state index in [1.807, 2.05) is 0 Å². The third-order valence-electron chi connectivity index (χ3n) is 1.66. The van der Waals surface area contributed by atoms with Crippen molar-refractivity contribution in [2.24, 2.45) is 5.92 Å². The molecule has 0 saturated carbocycles. The molecule has 1 saturated heterocycles. The third kappa shape index (κ3) is 1.17. The molecule has 3 heteroatoms. The first kappa shape index (κ1) is 7.25. The average Bonchev–Trinajstić information content (AvgIpc) is 2.10. The van der Waals surface area contributed by atoms with E-state index in [1.165, 1.54) is 6.92 Å². The predicted octanol–water partition coefficient (Wildman–Crippen LogP) is 0.527. The van der Waals surface area contributed by atoms with Gasteiger partial charge in [0.15, 0.2) is 0 Å². The summed E-state index contributed by atoms with van der Waals surface area (Å²) in [6.45, 7) is 3.21. The largest absolute Gasteiger partial charge is 0.462 e. The summed E-state index contributed by atoms with van der Waals surface area (Å²) in [5, 5.41) is 0. The third-order valence-corrected chi connectivity index (χ3v) is 1.66. The molecule has 56 valence electrons. The van der Waals surface area contributed by atoms with Gasteiger partial charge in [-0.05, 0) is 13.8 Å². The molecule has 0 radical (unpaired) electrons. The second-order valence-electron chi connectivity index (χ2n) is 2.65. The monoisotopic (exact) mass is 142 g/mol. The number of carbonyl (C=O) groups excluding carboxylic acids is 2. The van der Waals surface area contributed by atoms with Crippen molar-refractivity contribution in [1.29, 1.82) is 0 Å². The van der Waals surface area contributed by atoms with Crippen molar-refractivity contribution in [3.05, 3.63) is 0 Å². The fourth-order valence-corrected chi connectivity index (χ4v) is 1.09. The Balaban J connectivity index is 2.63. The van der Waals surface area contributed by atoms with E-state index in [9.17, 15) is 9.59 Å². The Hall–Kier alpha value is -0.860. The lowest BCUT2D eigenvalue weighted by Gasteiger charge is -1.95. The van der Waals surface area contributed by atoms with Gasteiger partial charge in [0, 0.05) is 6.42 Å². The molecule has 1 heterocycles. The van der Waals surface area contributed by atoms with Crippen LogP contribution in [-0.2, 0) is 14.3 Å². The SMILES string of the molecule is CC(=O)[C@@H]1C[C@H](C)OC1=O. The second-order valence-corrected chi connectivity index (χ2v) is 2.65. The number of esters is 1. The van der Waals surface area contributed by atoms with E-state index in [0.717, 1.165) is 0 Å². The highest BCUT2D eigenvalue weighted by molar-refractivity contribution is 5.98. The van der Waals surface area contributed by atoms with Gasteiger partial charge >= 0.3 is 5.97 Å². The summed E-state index contributed by atoms with van der Waals surface area (Å²) in [4.78, 5) is 21.5. The minimum atomic E-state index is -0.491. The molecule has 0 spiro atoms. The molecule has 0 aromatic carbocycles. The highest BCUT2D eigenvalue weighted by atomic mass is 16.5. The Bertz CT molecular complexity index is 174. The smallest absolute Gasteiger partial charge is 0.316 e. The molecular formula is C7H10O3. The number of ketones is 1. The fourth-order valence-electron chi connectivity index (χ4n) is 1.09. The van der Waals surface area contributed by atoms with Crippen molar-refractivity contribution in [2.75, 3.05) is 0 Å². The van der Waals surface area contributed by atoms with Crippen LogP contribution in [0.2, 0.25) is 0 Å². The van der Waals surface area contributed by atoms with Crippen LogP contribution in [0.25, 0.3) is 0 Å². The van der Waals surface area contributed by atoms with E-state index >= 15 is 0 Å². The number of hydrogen-bond acceptors (Lipinski definition) is 3. The molecule has 0 aromatic rings. The van der Waals surface area contributed by atoms with Crippen LogP contribution in [0.1, 0.15) is 20.3 Å². The molecule has 2 atom stereocenters. The Kier molecular flexibility index (Phi) is 1.74. The summed E-state index contributed by atoms with van der Waals surface area (Å²) in [6, 6.07) is 0. The quantitative estimate of drug-likeness (QED) is 0.396. The minimum absolute atomic E-state index is 0.0820. The van der Waals surface area contributed by atoms with Crippen molar-refractivity contribution in [1.82, 2.24) is 0 Å². The Morgan fingerprint density at radius 2 is 2.30 bits per heavy atom. The Morgan fingerprint density at radius 3 is 2.50 bits per heavy atom. The molecule has 0 N–H and O–H groups in total. The van der Waals surface area contributed by atoms with Crippen LogP contribution in [-0.4, -0.2) is 17.9 Å². The lowest BCUT2D eigenvalue weighted by molar-refractivity contribution is -0.146. The van der Waals surface area contributed by atoms with Crippen molar-refractivity contribution < 1.29 is 14.3 Å². The van der Waals surface area contributed by atoms with Gasteiger partial charge in [-0.25, -0.2) is 0 Å². The normalized spacial score (nSPS) is 32.0. The first-order chi connectivity index (χ1) is 4.61. The summed E-state index contributed by atoms with van der Waals surface area (Å²) in [5.74, 6) is -0.940. The van der Waals surface area contributed by atoms with Crippen molar-refractivity contribution in [3.63, 3.8) is 0 Å². The zero-order chi connectivity index (χ0) is 7.72. The van der Waals surface area contributed by atoms with Crippen LogP contribution >= 0.6 is 0 Å².